The topological polar surface area (TPSA) is 3.24 Å². The van der Waals surface area contributed by atoms with E-state index >= 15 is 0 Å². The van der Waals surface area contributed by atoms with Crippen LogP contribution in [-0.4, -0.2) is 22.0 Å². The van der Waals surface area contributed by atoms with Crippen LogP contribution in [-0.2, 0) is 0 Å². The standard InChI is InChI=1S/C14H25NS/c1-10(2)14(16)15-11(3)8-9-12-6-4-5-7-13(12)15/h10-13H,4-9H2,1-3H3. The lowest BCUT2D eigenvalue weighted by molar-refractivity contribution is 0.0797. The molecule has 2 heteroatoms. The van der Waals surface area contributed by atoms with Crippen LogP contribution >= 0.6 is 12.2 Å². The Hall–Kier alpha value is -0.110. The molecule has 3 unspecified atom stereocenters. The molecule has 0 amide bonds. The zero-order valence-electron chi connectivity index (χ0n) is 10.9. The molecule has 0 spiro atoms. The minimum absolute atomic E-state index is 0.526. The number of nitrogens with zero attached hydrogens (tertiary/aromatic N) is 1. The number of piperidine rings is 1. The second kappa shape index (κ2) is 5.03. The van der Waals surface area contributed by atoms with Gasteiger partial charge < -0.3 is 4.90 Å². The molecule has 1 heterocycles. The summed E-state index contributed by atoms with van der Waals surface area (Å²) in [6.45, 7) is 6.84. The molecular weight excluding hydrogens is 214 g/mol. The average Bonchev–Trinajstić information content (AvgIpc) is 2.28. The van der Waals surface area contributed by atoms with Crippen LogP contribution in [0.4, 0.5) is 0 Å². The molecular formula is C14H25NS. The van der Waals surface area contributed by atoms with Crippen molar-refractivity contribution in [1.82, 2.24) is 4.90 Å². The molecule has 0 aromatic carbocycles. The highest BCUT2D eigenvalue weighted by Crippen LogP contribution is 2.38. The van der Waals surface area contributed by atoms with Crippen molar-refractivity contribution < 1.29 is 0 Å². The van der Waals surface area contributed by atoms with E-state index in [9.17, 15) is 0 Å². The van der Waals surface area contributed by atoms with E-state index in [4.69, 9.17) is 12.2 Å². The maximum absolute atomic E-state index is 5.67. The summed E-state index contributed by atoms with van der Waals surface area (Å²) in [5, 5.41) is 0. The molecule has 1 nitrogen and oxygen atoms in total. The van der Waals surface area contributed by atoms with E-state index in [1.54, 1.807) is 0 Å². The molecule has 2 rings (SSSR count). The third kappa shape index (κ3) is 2.27. The van der Waals surface area contributed by atoms with E-state index in [-0.39, 0.29) is 0 Å². The zero-order chi connectivity index (χ0) is 11.7. The highest BCUT2D eigenvalue weighted by molar-refractivity contribution is 7.80. The van der Waals surface area contributed by atoms with Crippen molar-refractivity contribution in [3.05, 3.63) is 0 Å². The van der Waals surface area contributed by atoms with E-state index < -0.39 is 0 Å². The fourth-order valence-electron chi connectivity index (χ4n) is 3.49. The van der Waals surface area contributed by atoms with Crippen molar-refractivity contribution in [3.63, 3.8) is 0 Å². The van der Waals surface area contributed by atoms with Crippen molar-refractivity contribution in [1.29, 1.82) is 0 Å². The lowest BCUT2D eigenvalue weighted by atomic mass is 9.76. The summed E-state index contributed by atoms with van der Waals surface area (Å²) in [5.41, 5.74) is 0. The van der Waals surface area contributed by atoms with E-state index in [2.05, 4.69) is 25.7 Å². The van der Waals surface area contributed by atoms with Gasteiger partial charge in [-0.15, -0.1) is 0 Å². The lowest BCUT2D eigenvalue weighted by Crippen LogP contribution is -2.54. The van der Waals surface area contributed by atoms with Gasteiger partial charge in [0, 0.05) is 18.0 Å². The van der Waals surface area contributed by atoms with Gasteiger partial charge in [0.2, 0.25) is 0 Å². The zero-order valence-corrected chi connectivity index (χ0v) is 11.7. The van der Waals surface area contributed by atoms with Gasteiger partial charge in [-0.3, -0.25) is 0 Å². The van der Waals surface area contributed by atoms with Crippen molar-refractivity contribution in [2.24, 2.45) is 11.8 Å². The third-order valence-electron chi connectivity index (χ3n) is 4.40. The number of likely N-dealkylation sites (tertiary alicyclic amines) is 1. The molecule has 0 aromatic rings. The Kier molecular flexibility index (Phi) is 3.89. The molecule has 1 saturated heterocycles. The summed E-state index contributed by atoms with van der Waals surface area (Å²) in [5.74, 6) is 1.46. The average molecular weight is 239 g/mol. The quantitative estimate of drug-likeness (QED) is 0.636. The maximum atomic E-state index is 5.67. The predicted octanol–water partition coefficient (Wildman–Crippen LogP) is 4.01. The highest BCUT2D eigenvalue weighted by Gasteiger charge is 2.38. The first-order valence-corrected chi connectivity index (χ1v) is 7.34. The second-order valence-corrected chi connectivity index (χ2v) is 6.36. The van der Waals surface area contributed by atoms with Crippen LogP contribution in [0.15, 0.2) is 0 Å². The largest absolute Gasteiger partial charge is 0.360 e. The number of rotatable bonds is 1. The smallest absolute Gasteiger partial charge is 0.0810 e. The van der Waals surface area contributed by atoms with Crippen LogP contribution in [0.1, 0.15) is 59.3 Å². The van der Waals surface area contributed by atoms with Gasteiger partial charge in [0.05, 0.1) is 4.99 Å². The van der Waals surface area contributed by atoms with Gasteiger partial charge in [0.1, 0.15) is 0 Å². The van der Waals surface area contributed by atoms with Crippen LogP contribution in [0.5, 0.6) is 0 Å². The normalized spacial score (nSPS) is 35.0. The summed E-state index contributed by atoms with van der Waals surface area (Å²) in [7, 11) is 0. The Morgan fingerprint density at radius 3 is 2.50 bits per heavy atom. The second-order valence-electron chi connectivity index (χ2n) is 5.94. The summed E-state index contributed by atoms with van der Waals surface area (Å²) < 4.78 is 0. The molecule has 1 saturated carbocycles. The number of hydrogen-bond donors (Lipinski definition) is 0. The van der Waals surface area contributed by atoms with Crippen molar-refractivity contribution in [3.8, 4) is 0 Å². The van der Waals surface area contributed by atoms with Crippen LogP contribution < -0.4 is 0 Å². The molecule has 1 aliphatic heterocycles. The molecule has 2 aliphatic rings. The molecule has 92 valence electrons. The summed E-state index contributed by atoms with van der Waals surface area (Å²) in [4.78, 5) is 3.82. The summed E-state index contributed by atoms with van der Waals surface area (Å²) >= 11 is 5.67. The fourth-order valence-corrected chi connectivity index (χ4v) is 3.81. The van der Waals surface area contributed by atoms with Crippen LogP contribution in [0.3, 0.4) is 0 Å². The maximum Gasteiger partial charge on any atom is 0.0810 e. The molecule has 1 aliphatic carbocycles. The SMILES string of the molecule is CC(C)C(=S)N1C(C)CCC2CCCCC21. The molecule has 2 fully saturated rings. The van der Waals surface area contributed by atoms with E-state index in [0.29, 0.717) is 12.0 Å². The Balaban J connectivity index is 2.14. The Morgan fingerprint density at radius 1 is 1.12 bits per heavy atom. The van der Waals surface area contributed by atoms with Crippen molar-refractivity contribution in [2.75, 3.05) is 0 Å². The minimum Gasteiger partial charge on any atom is -0.360 e. The summed E-state index contributed by atoms with van der Waals surface area (Å²) in [6.07, 6.45) is 8.44. The van der Waals surface area contributed by atoms with Gasteiger partial charge in [-0.2, -0.15) is 0 Å². The number of hydrogen-bond acceptors (Lipinski definition) is 1. The Morgan fingerprint density at radius 2 is 1.81 bits per heavy atom. The first-order chi connectivity index (χ1) is 7.61. The van der Waals surface area contributed by atoms with Crippen molar-refractivity contribution >= 4 is 17.2 Å². The van der Waals surface area contributed by atoms with E-state index in [0.717, 1.165) is 12.0 Å². The van der Waals surface area contributed by atoms with Gasteiger partial charge in [-0.05, 0) is 38.5 Å². The monoisotopic (exact) mass is 239 g/mol. The Labute approximate surface area is 106 Å². The van der Waals surface area contributed by atoms with Crippen LogP contribution in [0.2, 0.25) is 0 Å². The minimum atomic E-state index is 0.526. The van der Waals surface area contributed by atoms with Gasteiger partial charge in [0.15, 0.2) is 0 Å². The van der Waals surface area contributed by atoms with Gasteiger partial charge in [-0.25, -0.2) is 0 Å². The molecule has 0 N–H and O–H groups in total. The Bertz CT molecular complexity index is 261. The van der Waals surface area contributed by atoms with Crippen LogP contribution in [0, 0.1) is 11.8 Å². The number of thiocarbonyl (C=S) groups is 1. The molecule has 0 radical (unpaired) electrons. The number of fused-ring (bicyclic) bond motifs is 1. The van der Waals surface area contributed by atoms with Gasteiger partial charge >= 0.3 is 0 Å². The predicted molar refractivity (Wildman–Crippen MR) is 73.7 cm³/mol. The molecule has 0 bridgehead atoms. The van der Waals surface area contributed by atoms with E-state index in [1.165, 1.54) is 43.5 Å². The van der Waals surface area contributed by atoms with Crippen molar-refractivity contribution in [2.45, 2.75) is 71.4 Å². The molecule has 16 heavy (non-hydrogen) atoms. The van der Waals surface area contributed by atoms with Gasteiger partial charge in [-0.1, -0.05) is 38.9 Å². The lowest BCUT2D eigenvalue weighted by Gasteiger charge is -2.49. The third-order valence-corrected chi connectivity index (χ3v) is 5.09. The summed E-state index contributed by atoms with van der Waals surface area (Å²) in [6, 6.07) is 1.45. The van der Waals surface area contributed by atoms with Crippen LogP contribution in [0.25, 0.3) is 0 Å². The highest BCUT2D eigenvalue weighted by atomic mass is 32.1. The molecule has 0 aromatic heterocycles. The first-order valence-electron chi connectivity index (χ1n) is 6.93. The molecule has 3 atom stereocenters. The first kappa shape index (κ1) is 12.3. The van der Waals surface area contributed by atoms with Gasteiger partial charge in [0.25, 0.3) is 0 Å². The van der Waals surface area contributed by atoms with E-state index in [1.807, 2.05) is 0 Å². The fraction of sp³-hybridized carbons (Fsp3) is 0.929.